The third kappa shape index (κ3) is 4.32. The second-order valence-electron chi connectivity index (χ2n) is 7.97. The maximum Gasteiger partial charge on any atom is 0.174 e. The number of aromatic nitrogens is 2. The van der Waals surface area contributed by atoms with E-state index in [1.807, 2.05) is 42.5 Å². The predicted octanol–water partition coefficient (Wildman–Crippen LogP) is 5.83. The zero-order valence-corrected chi connectivity index (χ0v) is 19.1. The molecule has 0 unspecified atom stereocenters. The van der Waals surface area contributed by atoms with E-state index in [0.29, 0.717) is 12.8 Å². The number of carbonyl (C=O) groups excluding carboxylic acids is 1. The quantitative estimate of drug-likeness (QED) is 0.383. The molecule has 162 valence electrons. The summed E-state index contributed by atoms with van der Waals surface area (Å²) in [5.41, 5.74) is 5.81. The molecule has 1 aliphatic rings. The molecule has 5 heteroatoms. The van der Waals surface area contributed by atoms with Crippen LogP contribution in [0.2, 0.25) is 0 Å². The Bertz CT molecular complexity index is 1150. The number of hydrogen-bond acceptors (Lipinski definition) is 3. The van der Waals surface area contributed by atoms with Crippen LogP contribution in [0, 0.1) is 0 Å². The first-order chi connectivity index (χ1) is 14.8. The lowest BCUT2D eigenvalue weighted by Gasteiger charge is -2.34. The Morgan fingerprint density at radius 3 is 1.75 bits per heavy atom. The molecular formula is C27H24Cl2N2O. The minimum atomic E-state index is -0.689. The van der Waals surface area contributed by atoms with Gasteiger partial charge in [0.1, 0.15) is 0 Å². The standard InChI is InChI=1S/C27H22N2O.2ClH/c30-26-24-7-3-1-5-22(24)17-23-6-2-4-8-25(23)27(26,18-20-9-13-28-14-10-20)19-21-11-15-29-16-12-21;;/h1-16H,17-19H2;2*1H. The van der Waals surface area contributed by atoms with Gasteiger partial charge in [-0.05, 0) is 71.3 Å². The third-order valence-electron chi connectivity index (χ3n) is 6.12. The molecule has 2 aromatic heterocycles. The molecule has 0 atom stereocenters. The summed E-state index contributed by atoms with van der Waals surface area (Å²) < 4.78 is 0. The number of ketones is 1. The summed E-state index contributed by atoms with van der Waals surface area (Å²) in [6, 6.07) is 24.5. The van der Waals surface area contributed by atoms with Crippen LogP contribution in [0.1, 0.15) is 38.2 Å². The smallest absolute Gasteiger partial charge is 0.174 e. The monoisotopic (exact) mass is 462 g/mol. The van der Waals surface area contributed by atoms with Gasteiger partial charge in [-0.15, -0.1) is 24.8 Å². The van der Waals surface area contributed by atoms with Gasteiger partial charge < -0.3 is 0 Å². The highest BCUT2D eigenvalue weighted by atomic mass is 35.5. The van der Waals surface area contributed by atoms with Gasteiger partial charge in [-0.25, -0.2) is 0 Å². The molecule has 32 heavy (non-hydrogen) atoms. The Morgan fingerprint density at radius 2 is 1.16 bits per heavy atom. The second-order valence-corrected chi connectivity index (χ2v) is 7.97. The molecule has 0 spiro atoms. The number of rotatable bonds is 4. The lowest BCUT2D eigenvalue weighted by atomic mass is 9.67. The predicted molar refractivity (Wildman–Crippen MR) is 132 cm³/mol. The molecule has 0 saturated carbocycles. The van der Waals surface area contributed by atoms with Crippen molar-refractivity contribution in [3.63, 3.8) is 0 Å². The number of pyridine rings is 2. The maximum atomic E-state index is 14.3. The number of hydrogen-bond donors (Lipinski definition) is 0. The van der Waals surface area contributed by atoms with Crippen LogP contribution in [0.15, 0.2) is 97.6 Å². The molecule has 0 aliphatic heterocycles. The van der Waals surface area contributed by atoms with Crippen molar-refractivity contribution in [3.8, 4) is 0 Å². The van der Waals surface area contributed by atoms with Crippen LogP contribution >= 0.6 is 24.8 Å². The van der Waals surface area contributed by atoms with E-state index in [1.165, 1.54) is 5.56 Å². The van der Waals surface area contributed by atoms with Gasteiger partial charge in [0.05, 0.1) is 5.41 Å². The fourth-order valence-electron chi connectivity index (χ4n) is 4.73. The summed E-state index contributed by atoms with van der Waals surface area (Å²) in [5.74, 6) is 0.191. The van der Waals surface area contributed by atoms with E-state index in [1.54, 1.807) is 24.8 Å². The molecule has 5 rings (SSSR count). The highest BCUT2D eigenvalue weighted by Gasteiger charge is 2.44. The number of Topliss-reactive ketones (excluding diaryl/α,β-unsaturated/α-hetero) is 1. The van der Waals surface area contributed by atoms with Crippen molar-refractivity contribution in [1.82, 2.24) is 9.97 Å². The number of nitrogens with zero attached hydrogens (tertiary/aromatic N) is 2. The summed E-state index contributed by atoms with van der Waals surface area (Å²) in [6.45, 7) is 0. The van der Waals surface area contributed by atoms with Crippen LogP contribution in [-0.4, -0.2) is 15.8 Å². The van der Waals surface area contributed by atoms with E-state index in [4.69, 9.17) is 0 Å². The average Bonchev–Trinajstić information content (AvgIpc) is 2.89. The highest BCUT2D eigenvalue weighted by molar-refractivity contribution is 6.06. The lowest BCUT2D eigenvalue weighted by molar-refractivity contribution is 0.0880. The van der Waals surface area contributed by atoms with Crippen LogP contribution < -0.4 is 0 Å². The molecule has 0 radical (unpaired) electrons. The van der Waals surface area contributed by atoms with Gasteiger partial charge in [0, 0.05) is 30.4 Å². The van der Waals surface area contributed by atoms with E-state index >= 15 is 0 Å². The molecule has 0 bridgehead atoms. The number of fused-ring (bicyclic) bond motifs is 2. The molecule has 0 N–H and O–H groups in total. The van der Waals surface area contributed by atoms with Gasteiger partial charge in [0.15, 0.2) is 5.78 Å². The topological polar surface area (TPSA) is 42.9 Å². The molecule has 0 fully saturated rings. The number of halogens is 2. The molecule has 2 aromatic carbocycles. The summed E-state index contributed by atoms with van der Waals surface area (Å²) >= 11 is 0. The van der Waals surface area contributed by atoms with Crippen molar-refractivity contribution in [2.24, 2.45) is 0 Å². The SMILES string of the molecule is Cl.Cl.O=C1c2ccccc2Cc2ccccc2C1(Cc1ccncc1)Cc1ccncc1. The number of carbonyl (C=O) groups is 1. The maximum absolute atomic E-state index is 14.3. The van der Waals surface area contributed by atoms with Gasteiger partial charge in [0.2, 0.25) is 0 Å². The molecular weight excluding hydrogens is 439 g/mol. The Hall–Kier alpha value is -3.01. The van der Waals surface area contributed by atoms with Gasteiger partial charge in [-0.2, -0.15) is 0 Å². The molecule has 4 aromatic rings. The van der Waals surface area contributed by atoms with E-state index in [2.05, 4.69) is 40.3 Å². The Kier molecular flexibility index (Phi) is 7.44. The van der Waals surface area contributed by atoms with Crippen LogP contribution in [-0.2, 0) is 24.7 Å². The first kappa shape index (κ1) is 23.6. The molecule has 1 aliphatic carbocycles. The summed E-state index contributed by atoms with van der Waals surface area (Å²) in [6.07, 6.45) is 9.23. The van der Waals surface area contributed by atoms with E-state index < -0.39 is 5.41 Å². The van der Waals surface area contributed by atoms with Crippen molar-refractivity contribution in [1.29, 1.82) is 0 Å². The van der Waals surface area contributed by atoms with Crippen LogP contribution in [0.3, 0.4) is 0 Å². The Morgan fingerprint density at radius 1 is 0.656 bits per heavy atom. The van der Waals surface area contributed by atoms with E-state index in [0.717, 1.165) is 34.2 Å². The Labute approximate surface area is 200 Å². The summed E-state index contributed by atoms with van der Waals surface area (Å²) in [5, 5.41) is 0. The highest BCUT2D eigenvalue weighted by Crippen LogP contribution is 2.41. The summed E-state index contributed by atoms with van der Waals surface area (Å²) in [7, 11) is 0. The van der Waals surface area contributed by atoms with Crippen molar-refractivity contribution in [3.05, 3.63) is 131 Å². The third-order valence-corrected chi connectivity index (χ3v) is 6.12. The van der Waals surface area contributed by atoms with Gasteiger partial charge in [-0.3, -0.25) is 14.8 Å². The van der Waals surface area contributed by atoms with Gasteiger partial charge in [-0.1, -0.05) is 48.5 Å². The van der Waals surface area contributed by atoms with Crippen molar-refractivity contribution in [2.75, 3.05) is 0 Å². The van der Waals surface area contributed by atoms with Crippen molar-refractivity contribution < 1.29 is 4.79 Å². The van der Waals surface area contributed by atoms with E-state index in [9.17, 15) is 4.79 Å². The van der Waals surface area contributed by atoms with Crippen LogP contribution in [0.4, 0.5) is 0 Å². The van der Waals surface area contributed by atoms with Gasteiger partial charge in [0.25, 0.3) is 0 Å². The van der Waals surface area contributed by atoms with Crippen molar-refractivity contribution in [2.45, 2.75) is 24.7 Å². The normalized spacial score (nSPS) is 13.6. The fraction of sp³-hybridized carbons (Fsp3) is 0.148. The van der Waals surface area contributed by atoms with E-state index in [-0.39, 0.29) is 30.6 Å². The first-order valence-corrected chi connectivity index (χ1v) is 10.3. The zero-order valence-electron chi connectivity index (χ0n) is 17.5. The first-order valence-electron chi connectivity index (χ1n) is 10.3. The average molecular weight is 463 g/mol. The minimum absolute atomic E-state index is 0. The van der Waals surface area contributed by atoms with Crippen LogP contribution in [0.5, 0.6) is 0 Å². The zero-order chi connectivity index (χ0) is 20.4. The second kappa shape index (κ2) is 10.1. The molecule has 0 amide bonds. The Balaban J connectivity index is 0.00000144. The number of benzene rings is 2. The van der Waals surface area contributed by atoms with Crippen molar-refractivity contribution >= 4 is 30.6 Å². The van der Waals surface area contributed by atoms with Gasteiger partial charge >= 0.3 is 0 Å². The van der Waals surface area contributed by atoms with Crippen LogP contribution in [0.25, 0.3) is 0 Å². The lowest BCUT2D eigenvalue weighted by Crippen LogP contribution is -2.41. The largest absolute Gasteiger partial charge is 0.293 e. The minimum Gasteiger partial charge on any atom is -0.293 e. The molecule has 2 heterocycles. The molecule has 0 saturated heterocycles. The summed E-state index contributed by atoms with van der Waals surface area (Å²) in [4.78, 5) is 22.6. The fourth-order valence-corrected chi connectivity index (χ4v) is 4.73. The molecule has 3 nitrogen and oxygen atoms in total.